The van der Waals surface area contributed by atoms with Crippen molar-refractivity contribution in [1.29, 1.82) is 0 Å². The van der Waals surface area contributed by atoms with Crippen LogP contribution in [0.5, 0.6) is 11.5 Å². The van der Waals surface area contributed by atoms with E-state index in [2.05, 4.69) is 6.58 Å². The van der Waals surface area contributed by atoms with Gasteiger partial charge in [-0.05, 0) is 29.8 Å². The van der Waals surface area contributed by atoms with Crippen molar-refractivity contribution in [1.82, 2.24) is 4.90 Å². The number of carbonyl (C=O) groups excluding carboxylic acids is 1. The maximum Gasteiger partial charge on any atom is 0.291 e. The highest BCUT2D eigenvalue weighted by Gasteiger charge is 2.42. The van der Waals surface area contributed by atoms with Crippen molar-refractivity contribution in [2.45, 2.75) is 6.04 Å². The van der Waals surface area contributed by atoms with E-state index < -0.39 is 6.04 Å². The van der Waals surface area contributed by atoms with Gasteiger partial charge in [0.2, 0.25) is 5.76 Å². The average Bonchev–Trinajstić information content (AvgIpc) is 3.00. The summed E-state index contributed by atoms with van der Waals surface area (Å²) in [6.45, 7) is 4.02. The summed E-state index contributed by atoms with van der Waals surface area (Å²) in [5, 5.41) is 0.444. The van der Waals surface area contributed by atoms with Crippen LogP contribution in [0.1, 0.15) is 27.7 Å². The molecule has 0 unspecified atom stereocenters. The van der Waals surface area contributed by atoms with E-state index in [9.17, 15) is 9.59 Å². The Bertz CT molecular complexity index is 1150. The summed E-state index contributed by atoms with van der Waals surface area (Å²) in [6.07, 6.45) is 1.63. The van der Waals surface area contributed by atoms with Gasteiger partial charge in [-0.2, -0.15) is 0 Å². The molecule has 28 heavy (non-hydrogen) atoms. The number of fused-ring (bicyclic) bond motifs is 2. The topological polar surface area (TPSA) is 69.0 Å². The second-order valence-electron chi connectivity index (χ2n) is 6.43. The van der Waals surface area contributed by atoms with E-state index in [0.717, 1.165) is 5.56 Å². The van der Waals surface area contributed by atoms with E-state index in [4.69, 9.17) is 13.9 Å². The van der Waals surface area contributed by atoms with E-state index in [1.165, 1.54) is 0 Å². The molecule has 0 radical (unpaired) electrons. The fourth-order valence-corrected chi connectivity index (χ4v) is 3.66. The van der Waals surface area contributed by atoms with Gasteiger partial charge in [0.15, 0.2) is 16.9 Å². The zero-order chi connectivity index (χ0) is 19.8. The van der Waals surface area contributed by atoms with Gasteiger partial charge in [0.05, 0.1) is 31.2 Å². The van der Waals surface area contributed by atoms with Crippen molar-refractivity contribution in [2.75, 3.05) is 20.8 Å². The Morgan fingerprint density at radius 2 is 1.86 bits per heavy atom. The predicted octanol–water partition coefficient (Wildman–Crippen LogP) is 3.54. The number of benzene rings is 2. The maximum atomic E-state index is 13.3. The molecular weight excluding hydrogens is 358 g/mol. The lowest BCUT2D eigenvalue weighted by molar-refractivity contribution is 0.0748. The average molecular weight is 377 g/mol. The normalized spacial score (nSPS) is 15.6. The monoisotopic (exact) mass is 377 g/mol. The summed E-state index contributed by atoms with van der Waals surface area (Å²) >= 11 is 0. The van der Waals surface area contributed by atoms with E-state index in [-0.39, 0.29) is 23.6 Å². The lowest BCUT2D eigenvalue weighted by Gasteiger charge is -2.24. The van der Waals surface area contributed by atoms with Crippen molar-refractivity contribution in [3.05, 3.63) is 82.2 Å². The van der Waals surface area contributed by atoms with Crippen molar-refractivity contribution in [2.24, 2.45) is 0 Å². The molecule has 0 saturated heterocycles. The van der Waals surface area contributed by atoms with E-state index in [1.807, 2.05) is 6.07 Å². The molecule has 1 aliphatic heterocycles. The van der Waals surface area contributed by atoms with Crippen molar-refractivity contribution < 1.29 is 18.7 Å². The first kappa shape index (κ1) is 17.9. The minimum Gasteiger partial charge on any atom is -0.493 e. The van der Waals surface area contributed by atoms with Crippen LogP contribution < -0.4 is 14.9 Å². The number of rotatable bonds is 5. The van der Waals surface area contributed by atoms with Crippen LogP contribution in [0.2, 0.25) is 0 Å². The van der Waals surface area contributed by atoms with Gasteiger partial charge < -0.3 is 18.8 Å². The van der Waals surface area contributed by atoms with Gasteiger partial charge in [0, 0.05) is 6.54 Å². The van der Waals surface area contributed by atoms with Crippen molar-refractivity contribution >= 4 is 16.9 Å². The first-order valence-corrected chi connectivity index (χ1v) is 8.80. The van der Waals surface area contributed by atoms with Crippen LogP contribution in [0.3, 0.4) is 0 Å². The van der Waals surface area contributed by atoms with Crippen LogP contribution in [-0.2, 0) is 0 Å². The summed E-state index contributed by atoms with van der Waals surface area (Å²) in [4.78, 5) is 27.9. The highest BCUT2D eigenvalue weighted by Crippen LogP contribution is 2.40. The number of nitrogens with zero attached hydrogens (tertiary/aromatic N) is 1. The van der Waals surface area contributed by atoms with E-state index in [1.54, 1.807) is 61.6 Å². The standard InChI is InChI=1S/C22H19NO5/c1-4-11-23-19(13-9-10-16(26-2)17(12-13)27-3)18-20(24)14-7-5-6-8-15(14)28-21(18)22(23)25/h4-10,12,19H,1,11H2,2-3H3/t19-/m0/s1. The molecule has 2 aromatic carbocycles. The fraction of sp³-hybridized carbons (Fsp3) is 0.182. The van der Waals surface area contributed by atoms with Crippen LogP contribution in [0.4, 0.5) is 0 Å². The Morgan fingerprint density at radius 3 is 2.57 bits per heavy atom. The zero-order valence-corrected chi connectivity index (χ0v) is 15.6. The number of carbonyl (C=O) groups is 1. The van der Waals surface area contributed by atoms with Crippen LogP contribution >= 0.6 is 0 Å². The lowest BCUT2D eigenvalue weighted by Crippen LogP contribution is -2.29. The number of ether oxygens (including phenoxy) is 2. The quantitative estimate of drug-likeness (QED) is 0.636. The first-order chi connectivity index (χ1) is 13.6. The molecule has 0 saturated carbocycles. The number of methoxy groups -OCH3 is 2. The molecule has 1 atom stereocenters. The molecule has 6 nitrogen and oxygen atoms in total. The molecule has 0 spiro atoms. The Hall–Kier alpha value is -3.54. The maximum absolute atomic E-state index is 13.3. The minimum atomic E-state index is -0.596. The van der Waals surface area contributed by atoms with Gasteiger partial charge in [-0.25, -0.2) is 0 Å². The summed E-state index contributed by atoms with van der Waals surface area (Å²) in [7, 11) is 3.09. The largest absolute Gasteiger partial charge is 0.493 e. The second-order valence-corrected chi connectivity index (χ2v) is 6.43. The van der Waals surface area contributed by atoms with Crippen LogP contribution in [-0.4, -0.2) is 31.6 Å². The van der Waals surface area contributed by atoms with Crippen molar-refractivity contribution in [3.63, 3.8) is 0 Å². The van der Waals surface area contributed by atoms with Gasteiger partial charge in [-0.1, -0.05) is 24.3 Å². The smallest absolute Gasteiger partial charge is 0.291 e. The number of hydrogen-bond donors (Lipinski definition) is 0. The van der Waals surface area contributed by atoms with Gasteiger partial charge in [0.1, 0.15) is 5.58 Å². The lowest BCUT2D eigenvalue weighted by atomic mass is 9.98. The van der Waals surface area contributed by atoms with Gasteiger partial charge in [-0.3, -0.25) is 9.59 Å². The highest BCUT2D eigenvalue weighted by atomic mass is 16.5. The minimum absolute atomic E-state index is 0.0744. The van der Waals surface area contributed by atoms with Gasteiger partial charge in [0.25, 0.3) is 5.91 Å². The second kappa shape index (κ2) is 6.88. The molecule has 3 aromatic rings. The third-order valence-corrected chi connectivity index (χ3v) is 4.92. The number of amides is 1. The molecule has 0 bridgehead atoms. The van der Waals surface area contributed by atoms with E-state index >= 15 is 0 Å². The SMILES string of the molecule is C=CCN1C(=O)c2oc3ccccc3c(=O)c2[C@@H]1c1ccc(OC)c(OC)c1. The zero-order valence-electron chi connectivity index (χ0n) is 15.6. The molecule has 0 N–H and O–H groups in total. The fourth-order valence-electron chi connectivity index (χ4n) is 3.66. The highest BCUT2D eigenvalue weighted by molar-refractivity contribution is 5.99. The molecule has 1 aliphatic rings. The Morgan fingerprint density at radius 1 is 1.11 bits per heavy atom. The molecular formula is C22H19NO5. The first-order valence-electron chi connectivity index (χ1n) is 8.80. The predicted molar refractivity (Wildman–Crippen MR) is 105 cm³/mol. The third-order valence-electron chi connectivity index (χ3n) is 4.92. The molecule has 6 heteroatoms. The molecule has 1 amide bonds. The Balaban J connectivity index is 1.99. The Labute approximate surface area is 161 Å². The van der Waals surface area contributed by atoms with Gasteiger partial charge in [-0.15, -0.1) is 6.58 Å². The molecule has 2 heterocycles. The molecule has 1 aromatic heterocycles. The summed E-state index contributed by atoms with van der Waals surface area (Å²) in [5.41, 5.74) is 1.25. The van der Waals surface area contributed by atoms with Crippen LogP contribution in [0, 0.1) is 0 Å². The van der Waals surface area contributed by atoms with E-state index in [0.29, 0.717) is 28.0 Å². The Kier molecular flexibility index (Phi) is 4.39. The number of para-hydroxylation sites is 1. The summed E-state index contributed by atoms with van der Waals surface area (Å²) < 4.78 is 16.5. The molecule has 4 rings (SSSR count). The van der Waals surface area contributed by atoms with Crippen LogP contribution in [0.25, 0.3) is 11.0 Å². The van der Waals surface area contributed by atoms with Crippen LogP contribution in [0.15, 0.2) is 64.3 Å². The summed E-state index contributed by atoms with van der Waals surface area (Å²) in [6, 6.07) is 11.7. The van der Waals surface area contributed by atoms with Gasteiger partial charge >= 0.3 is 0 Å². The number of hydrogen-bond acceptors (Lipinski definition) is 5. The molecule has 0 fully saturated rings. The molecule has 0 aliphatic carbocycles. The summed E-state index contributed by atoms with van der Waals surface area (Å²) in [5.74, 6) is 0.823. The van der Waals surface area contributed by atoms with Crippen molar-refractivity contribution in [3.8, 4) is 11.5 Å². The molecule has 142 valence electrons. The third kappa shape index (κ3) is 2.57.